The van der Waals surface area contributed by atoms with E-state index < -0.39 is 5.97 Å². The second kappa shape index (κ2) is 5.22. The highest BCUT2D eigenvalue weighted by molar-refractivity contribution is 7.09. The number of aromatic nitrogens is 4. The van der Waals surface area contributed by atoms with Crippen LogP contribution >= 0.6 is 11.3 Å². The Bertz CT molecular complexity index is 722. The lowest BCUT2D eigenvalue weighted by Gasteiger charge is -2.05. The lowest BCUT2D eigenvalue weighted by atomic mass is 10.1. The Labute approximate surface area is 118 Å². The van der Waals surface area contributed by atoms with Gasteiger partial charge in [0.15, 0.2) is 5.69 Å². The van der Waals surface area contributed by atoms with Gasteiger partial charge in [-0.15, -0.1) is 16.4 Å². The monoisotopic (exact) mass is 286 g/mol. The average Bonchev–Trinajstić information content (AvgIpc) is 3.09. The van der Waals surface area contributed by atoms with E-state index in [4.69, 9.17) is 0 Å². The molecule has 0 atom stereocenters. The first-order valence-electron chi connectivity index (χ1n) is 5.85. The largest absolute Gasteiger partial charge is 0.476 e. The molecule has 3 aromatic rings. The first kappa shape index (κ1) is 12.5. The van der Waals surface area contributed by atoms with Crippen molar-refractivity contribution < 1.29 is 9.90 Å². The van der Waals surface area contributed by atoms with Gasteiger partial charge in [0.2, 0.25) is 0 Å². The highest BCUT2D eigenvalue weighted by atomic mass is 32.1. The van der Waals surface area contributed by atoms with Crippen LogP contribution in [0, 0.1) is 0 Å². The Hall–Kier alpha value is -2.54. The summed E-state index contributed by atoms with van der Waals surface area (Å²) in [6, 6.07) is 7.46. The summed E-state index contributed by atoms with van der Waals surface area (Å²) in [4.78, 5) is 16.4. The maximum absolute atomic E-state index is 11.3. The Balaban J connectivity index is 2.09. The molecule has 1 N–H and O–H groups in total. The normalized spacial score (nSPS) is 10.6. The molecular weight excluding hydrogens is 276 g/mol. The molecule has 0 spiro atoms. The van der Waals surface area contributed by atoms with E-state index in [1.165, 1.54) is 0 Å². The zero-order chi connectivity index (χ0) is 13.9. The third-order valence-corrected chi connectivity index (χ3v) is 3.62. The van der Waals surface area contributed by atoms with Gasteiger partial charge in [-0.25, -0.2) is 9.48 Å². The number of thiophene rings is 1. The predicted octanol–water partition coefficient (Wildman–Crippen LogP) is 2.15. The van der Waals surface area contributed by atoms with E-state index in [2.05, 4.69) is 15.3 Å². The van der Waals surface area contributed by atoms with Gasteiger partial charge in [0.05, 0.1) is 6.54 Å². The average molecular weight is 286 g/mol. The van der Waals surface area contributed by atoms with E-state index in [-0.39, 0.29) is 5.69 Å². The molecule has 6 nitrogen and oxygen atoms in total. The van der Waals surface area contributed by atoms with Crippen LogP contribution in [-0.4, -0.2) is 31.1 Å². The Kier molecular flexibility index (Phi) is 3.26. The van der Waals surface area contributed by atoms with Crippen molar-refractivity contribution in [2.75, 3.05) is 0 Å². The molecule has 3 aromatic heterocycles. The van der Waals surface area contributed by atoms with Crippen molar-refractivity contribution in [2.45, 2.75) is 6.54 Å². The first-order valence-corrected chi connectivity index (χ1v) is 6.73. The quantitative estimate of drug-likeness (QED) is 0.794. The molecule has 0 fully saturated rings. The number of nitrogens with zero attached hydrogens (tertiary/aromatic N) is 4. The van der Waals surface area contributed by atoms with Gasteiger partial charge in [-0.3, -0.25) is 4.98 Å². The number of pyridine rings is 1. The van der Waals surface area contributed by atoms with Crippen LogP contribution in [0.3, 0.4) is 0 Å². The Morgan fingerprint density at radius 3 is 2.90 bits per heavy atom. The fraction of sp³-hybridized carbons (Fsp3) is 0.0769. The summed E-state index contributed by atoms with van der Waals surface area (Å²) in [5.74, 6) is -1.10. The number of hydrogen-bond donors (Lipinski definition) is 1. The number of carboxylic acid groups (broad SMARTS) is 1. The molecule has 0 aliphatic heterocycles. The van der Waals surface area contributed by atoms with Crippen LogP contribution in [0.4, 0.5) is 0 Å². The standard InChI is InChI=1S/C13H10N4O2S/c18-13(19)11-12(9-3-1-5-14-7-9)17(16-15-11)8-10-4-2-6-20-10/h1-7H,8H2,(H,18,19). The molecule has 0 radical (unpaired) electrons. The summed E-state index contributed by atoms with van der Waals surface area (Å²) < 4.78 is 1.59. The topological polar surface area (TPSA) is 80.9 Å². The van der Waals surface area contributed by atoms with Crippen molar-refractivity contribution in [3.05, 3.63) is 52.6 Å². The van der Waals surface area contributed by atoms with Gasteiger partial charge in [-0.2, -0.15) is 0 Å². The number of carbonyl (C=O) groups is 1. The van der Waals surface area contributed by atoms with Crippen LogP contribution in [0.1, 0.15) is 15.4 Å². The summed E-state index contributed by atoms with van der Waals surface area (Å²) in [5, 5.41) is 18.9. The van der Waals surface area contributed by atoms with Crippen molar-refractivity contribution in [2.24, 2.45) is 0 Å². The lowest BCUT2D eigenvalue weighted by molar-refractivity contribution is 0.0691. The lowest BCUT2D eigenvalue weighted by Crippen LogP contribution is -2.05. The maximum atomic E-state index is 11.3. The van der Waals surface area contributed by atoms with Gasteiger partial charge < -0.3 is 5.11 Å². The fourth-order valence-electron chi connectivity index (χ4n) is 1.91. The molecule has 0 aliphatic carbocycles. The van der Waals surface area contributed by atoms with Crippen LogP contribution in [0.25, 0.3) is 11.3 Å². The maximum Gasteiger partial charge on any atom is 0.358 e. The molecule has 100 valence electrons. The molecule has 0 saturated heterocycles. The molecule has 3 heterocycles. The summed E-state index contributed by atoms with van der Waals surface area (Å²) in [5.41, 5.74) is 1.10. The summed E-state index contributed by atoms with van der Waals surface area (Å²) in [7, 11) is 0. The second-order valence-electron chi connectivity index (χ2n) is 4.07. The van der Waals surface area contributed by atoms with E-state index in [0.717, 1.165) is 4.88 Å². The molecule has 3 rings (SSSR count). The van der Waals surface area contributed by atoms with E-state index in [0.29, 0.717) is 17.8 Å². The van der Waals surface area contributed by atoms with Crippen molar-refractivity contribution in [3.8, 4) is 11.3 Å². The highest BCUT2D eigenvalue weighted by Gasteiger charge is 2.20. The van der Waals surface area contributed by atoms with Gasteiger partial charge >= 0.3 is 5.97 Å². The van der Waals surface area contributed by atoms with Crippen LogP contribution in [0.15, 0.2) is 42.0 Å². The summed E-state index contributed by atoms with van der Waals surface area (Å²) in [6.45, 7) is 0.488. The third-order valence-electron chi connectivity index (χ3n) is 2.76. The van der Waals surface area contributed by atoms with Gasteiger partial charge in [-0.05, 0) is 23.6 Å². The van der Waals surface area contributed by atoms with Crippen molar-refractivity contribution >= 4 is 17.3 Å². The Morgan fingerprint density at radius 2 is 2.25 bits per heavy atom. The minimum absolute atomic E-state index is 0.0606. The second-order valence-corrected chi connectivity index (χ2v) is 5.10. The zero-order valence-electron chi connectivity index (χ0n) is 10.3. The van der Waals surface area contributed by atoms with Crippen molar-refractivity contribution in [1.29, 1.82) is 0 Å². The zero-order valence-corrected chi connectivity index (χ0v) is 11.1. The van der Waals surface area contributed by atoms with Gasteiger partial charge in [-0.1, -0.05) is 11.3 Å². The van der Waals surface area contributed by atoms with Crippen LogP contribution in [0.5, 0.6) is 0 Å². The first-order chi connectivity index (χ1) is 9.75. The third kappa shape index (κ3) is 2.30. The minimum atomic E-state index is -1.10. The summed E-state index contributed by atoms with van der Waals surface area (Å²) >= 11 is 1.59. The molecule has 0 aromatic carbocycles. The molecule has 7 heteroatoms. The van der Waals surface area contributed by atoms with Gasteiger partial charge in [0, 0.05) is 22.8 Å². The number of hydrogen-bond acceptors (Lipinski definition) is 5. The van der Waals surface area contributed by atoms with E-state index >= 15 is 0 Å². The van der Waals surface area contributed by atoms with Crippen LogP contribution in [0.2, 0.25) is 0 Å². The van der Waals surface area contributed by atoms with Crippen molar-refractivity contribution in [3.63, 3.8) is 0 Å². The predicted molar refractivity (Wildman–Crippen MR) is 73.6 cm³/mol. The molecule has 0 saturated carbocycles. The SMILES string of the molecule is O=C(O)c1nnn(Cc2cccs2)c1-c1cccnc1. The molecular formula is C13H10N4O2S. The molecule has 20 heavy (non-hydrogen) atoms. The number of rotatable bonds is 4. The summed E-state index contributed by atoms with van der Waals surface area (Å²) in [6.07, 6.45) is 3.24. The minimum Gasteiger partial charge on any atom is -0.476 e. The molecule has 0 aliphatic rings. The van der Waals surface area contributed by atoms with Gasteiger partial charge in [0.1, 0.15) is 5.69 Å². The molecule has 0 unspecified atom stereocenters. The number of carboxylic acids is 1. The van der Waals surface area contributed by atoms with E-state index in [1.54, 1.807) is 40.5 Å². The number of aromatic carboxylic acids is 1. The molecule has 0 amide bonds. The van der Waals surface area contributed by atoms with E-state index in [9.17, 15) is 9.90 Å². The Morgan fingerprint density at radius 1 is 1.35 bits per heavy atom. The smallest absolute Gasteiger partial charge is 0.358 e. The fourth-order valence-corrected chi connectivity index (χ4v) is 2.59. The van der Waals surface area contributed by atoms with Crippen molar-refractivity contribution in [1.82, 2.24) is 20.0 Å². The van der Waals surface area contributed by atoms with E-state index in [1.807, 2.05) is 17.5 Å². The molecule has 0 bridgehead atoms. The van der Waals surface area contributed by atoms with Crippen LogP contribution < -0.4 is 0 Å². The van der Waals surface area contributed by atoms with Crippen LogP contribution in [-0.2, 0) is 6.54 Å². The highest BCUT2D eigenvalue weighted by Crippen LogP contribution is 2.23. The van der Waals surface area contributed by atoms with Gasteiger partial charge in [0.25, 0.3) is 0 Å².